The van der Waals surface area contributed by atoms with Gasteiger partial charge >= 0.3 is 11.9 Å². The highest BCUT2D eigenvalue weighted by molar-refractivity contribution is 7.89. The Morgan fingerprint density at radius 2 is 1.76 bits per heavy atom. The van der Waals surface area contributed by atoms with Crippen LogP contribution in [0.4, 0.5) is 0 Å². The number of sulfonamides is 1. The number of esters is 2. The zero-order valence-corrected chi connectivity index (χ0v) is 19.7. The van der Waals surface area contributed by atoms with Crippen molar-refractivity contribution in [3.8, 4) is 5.75 Å². The number of benzene rings is 2. The topological polar surface area (TPSA) is 99.2 Å². The van der Waals surface area contributed by atoms with Crippen LogP contribution in [0, 0.1) is 5.92 Å². The molecule has 8 nitrogen and oxygen atoms in total. The third-order valence-electron chi connectivity index (χ3n) is 5.60. The fraction of sp³-hybridized carbons (Fsp3) is 0.417. The molecule has 0 aliphatic carbocycles. The lowest BCUT2D eigenvalue weighted by Crippen LogP contribution is -2.41. The van der Waals surface area contributed by atoms with Gasteiger partial charge < -0.3 is 14.2 Å². The van der Waals surface area contributed by atoms with E-state index in [2.05, 4.69) is 6.92 Å². The first kappa shape index (κ1) is 24.7. The lowest BCUT2D eigenvalue weighted by molar-refractivity contribution is -0.150. The minimum Gasteiger partial charge on any atom is -0.490 e. The standard InChI is InChI=1S/C24H29NO7S/c1-3-18-7-6-8-20(17-18)31-15-16-32-23(26)19-11-13-25(14-12-19)33(28,29)22-10-5-4-9-21(22)24(27)30-2/h4-10,17,19H,3,11-16H2,1-2H3. The van der Waals surface area contributed by atoms with Crippen LogP contribution in [0.15, 0.2) is 53.4 Å². The molecule has 1 heterocycles. The van der Waals surface area contributed by atoms with Crippen molar-refractivity contribution in [2.24, 2.45) is 5.92 Å². The zero-order valence-electron chi connectivity index (χ0n) is 18.9. The number of carbonyl (C=O) groups is 2. The molecular weight excluding hydrogens is 446 g/mol. The normalized spacial score (nSPS) is 15.1. The highest BCUT2D eigenvalue weighted by Gasteiger charge is 2.34. The van der Waals surface area contributed by atoms with Gasteiger partial charge in [0.2, 0.25) is 10.0 Å². The Morgan fingerprint density at radius 1 is 1.03 bits per heavy atom. The maximum Gasteiger partial charge on any atom is 0.339 e. The number of rotatable bonds is 9. The number of carbonyl (C=O) groups excluding carboxylic acids is 2. The van der Waals surface area contributed by atoms with E-state index in [1.807, 2.05) is 24.3 Å². The Labute approximate surface area is 194 Å². The zero-order chi connectivity index (χ0) is 23.8. The number of methoxy groups -OCH3 is 1. The maximum absolute atomic E-state index is 13.1. The highest BCUT2D eigenvalue weighted by Crippen LogP contribution is 2.27. The van der Waals surface area contributed by atoms with Crippen molar-refractivity contribution in [2.75, 3.05) is 33.4 Å². The summed E-state index contributed by atoms with van der Waals surface area (Å²) in [6.07, 6.45) is 1.60. The molecule has 1 fully saturated rings. The molecule has 0 N–H and O–H groups in total. The van der Waals surface area contributed by atoms with E-state index in [-0.39, 0.29) is 48.6 Å². The van der Waals surface area contributed by atoms with E-state index in [4.69, 9.17) is 14.2 Å². The van der Waals surface area contributed by atoms with Crippen LogP contribution >= 0.6 is 0 Å². The van der Waals surface area contributed by atoms with Gasteiger partial charge in [0.15, 0.2) is 0 Å². The SMILES string of the molecule is CCc1cccc(OCCOC(=O)C2CCN(S(=O)(=O)c3ccccc3C(=O)OC)CC2)c1. The average molecular weight is 476 g/mol. The molecule has 1 saturated heterocycles. The second kappa shape index (κ2) is 11.3. The second-order valence-electron chi connectivity index (χ2n) is 7.68. The van der Waals surface area contributed by atoms with E-state index in [0.29, 0.717) is 12.8 Å². The molecule has 9 heteroatoms. The van der Waals surface area contributed by atoms with Crippen molar-refractivity contribution >= 4 is 22.0 Å². The van der Waals surface area contributed by atoms with Crippen LogP contribution in [0.5, 0.6) is 5.75 Å². The van der Waals surface area contributed by atoms with Crippen LogP contribution in [0.25, 0.3) is 0 Å². The lowest BCUT2D eigenvalue weighted by Gasteiger charge is -2.30. The quantitative estimate of drug-likeness (QED) is 0.406. The van der Waals surface area contributed by atoms with Crippen molar-refractivity contribution < 1.29 is 32.2 Å². The minimum atomic E-state index is -3.89. The number of hydrogen-bond donors (Lipinski definition) is 0. The molecule has 2 aromatic carbocycles. The monoisotopic (exact) mass is 475 g/mol. The van der Waals surface area contributed by atoms with Crippen molar-refractivity contribution in [3.05, 3.63) is 59.7 Å². The lowest BCUT2D eigenvalue weighted by atomic mass is 9.98. The number of nitrogens with zero attached hydrogens (tertiary/aromatic N) is 1. The Kier molecular flexibility index (Phi) is 8.46. The van der Waals surface area contributed by atoms with Crippen molar-refractivity contribution in [1.29, 1.82) is 0 Å². The molecule has 178 valence electrons. The summed E-state index contributed by atoms with van der Waals surface area (Å²) in [5, 5.41) is 0. The molecule has 0 unspecified atom stereocenters. The Bertz CT molecular complexity index is 1080. The van der Waals surface area contributed by atoms with E-state index in [1.54, 1.807) is 12.1 Å². The molecule has 0 aromatic heterocycles. The molecule has 1 aliphatic heterocycles. The molecule has 3 rings (SSSR count). The van der Waals surface area contributed by atoms with Gasteiger partial charge in [-0.3, -0.25) is 4.79 Å². The van der Waals surface area contributed by atoms with Gasteiger partial charge in [0.25, 0.3) is 0 Å². The molecule has 0 bridgehead atoms. The molecule has 33 heavy (non-hydrogen) atoms. The van der Waals surface area contributed by atoms with Gasteiger partial charge in [0.05, 0.1) is 23.5 Å². The van der Waals surface area contributed by atoms with Gasteiger partial charge in [-0.25, -0.2) is 13.2 Å². The van der Waals surface area contributed by atoms with Crippen molar-refractivity contribution in [2.45, 2.75) is 31.1 Å². The third kappa shape index (κ3) is 6.11. The Balaban J connectivity index is 1.50. The number of piperidine rings is 1. The van der Waals surface area contributed by atoms with Gasteiger partial charge in [-0.1, -0.05) is 31.2 Å². The molecule has 0 saturated carbocycles. The van der Waals surface area contributed by atoms with E-state index in [1.165, 1.54) is 29.1 Å². The first-order valence-electron chi connectivity index (χ1n) is 10.9. The molecule has 0 atom stereocenters. The van der Waals surface area contributed by atoms with E-state index >= 15 is 0 Å². The smallest absolute Gasteiger partial charge is 0.339 e. The number of hydrogen-bond acceptors (Lipinski definition) is 7. The Hall–Kier alpha value is -2.91. The summed E-state index contributed by atoms with van der Waals surface area (Å²) < 4.78 is 43.1. The van der Waals surface area contributed by atoms with Crippen LogP contribution in [-0.4, -0.2) is 58.1 Å². The van der Waals surface area contributed by atoms with Gasteiger partial charge in [-0.2, -0.15) is 4.31 Å². The summed E-state index contributed by atoms with van der Waals surface area (Å²) in [6.45, 7) is 2.77. The van der Waals surface area contributed by atoms with Crippen LogP contribution in [0.1, 0.15) is 35.7 Å². The number of aryl methyl sites for hydroxylation is 1. The summed E-state index contributed by atoms with van der Waals surface area (Å²) in [5.74, 6) is -0.712. The molecule has 0 amide bonds. The first-order chi connectivity index (χ1) is 15.9. The molecule has 1 aliphatic rings. The minimum absolute atomic E-state index is 0.00833. The van der Waals surface area contributed by atoms with Crippen LogP contribution in [-0.2, 0) is 30.7 Å². The van der Waals surface area contributed by atoms with Gasteiger partial charge in [-0.15, -0.1) is 0 Å². The number of ether oxygens (including phenoxy) is 3. The summed E-state index contributed by atoms with van der Waals surface area (Å²) >= 11 is 0. The maximum atomic E-state index is 13.1. The summed E-state index contributed by atoms with van der Waals surface area (Å²) in [4.78, 5) is 24.3. The van der Waals surface area contributed by atoms with Crippen LogP contribution in [0.3, 0.4) is 0 Å². The molecule has 0 radical (unpaired) electrons. The van der Waals surface area contributed by atoms with Gasteiger partial charge in [0.1, 0.15) is 19.0 Å². The van der Waals surface area contributed by atoms with E-state index in [0.717, 1.165) is 12.2 Å². The first-order valence-corrected chi connectivity index (χ1v) is 12.4. The van der Waals surface area contributed by atoms with Crippen LogP contribution < -0.4 is 4.74 Å². The van der Waals surface area contributed by atoms with E-state index < -0.39 is 16.0 Å². The van der Waals surface area contributed by atoms with E-state index in [9.17, 15) is 18.0 Å². The van der Waals surface area contributed by atoms with Gasteiger partial charge in [0, 0.05) is 13.1 Å². The largest absolute Gasteiger partial charge is 0.490 e. The predicted octanol–water partition coefficient (Wildman–Crippen LogP) is 3.06. The molecule has 2 aromatic rings. The second-order valence-corrected chi connectivity index (χ2v) is 9.59. The molecular formula is C24H29NO7S. The summed E-state index contributed by atoms with van der Waals surface area (Å²) in [7, 11) is -2.69. The van der Waals surface area contributed by atoms with Crippen molar-refractivity contribution in [3.63, 3.8) is 0 Å². The van der Waals surface area contributed by atoms with Crippen molar-refractivity contribution in [1.82, 2.24) is 4.31 Å². The van der Waals surface area contributed by atoms with Crippen LogP contribution in [0.2, 0.25) is 0 Å². The summed E-state index contributed by atoms with van der Waals surface area (Å²) in [5.41, 5.74) is 1.16. The molecule has 0 spiro atoms. The predicted molar refractivity (Wildman–Crippen MR) is 122 cm³/mol. The fourth-order valence-corrected chi connectivity index (χ4v) is 5.37. The third-order valence-corrected chi connectivity index (χ3v) is 7.56. The fourth-order valence-electron chi connectivity index (χ4n) is 3.72. The Morgan fingerprint density at radius 3 is 2.45 bits per heavy atom. The highest BCUT2D eigenvalue weighted by atomic mass is 32.2. The average Bonchev–Trinajstić information content (AvgIpc) is 2.86. The summed E-state index contributed by atoms with van der Waals surface area (Å²) in [6, 6.07) is 13.7. The van der Waals surface area contributed by atoms with Gasteiger partial charge in [-0.05, 0) is 49.1 Å².